The van der Waals surface area contributed by atoms with Crippen LogP contribution in [0, 0.1) is 0 Å². The molecule has 1 rings (SSSR count). The van der Waals surface area contributed by atoms with Crippen molar-refractivity contribution in [1.82, 2.24) is 0 Å². The molecule has 0 saturated carbocycles. The van der Waals surface area contributed by atoms with E-state index in [0.29, 0.717) is 5.75 Å². The molecule has 0 aromatic heterocycles. The Labute approximate surface area is 101 Å². The Morgan fingerprint density at radius 2 is 2.00 bits per heavy atom. The monoisotopic (exact) mass is 242 g/mol. The normalized spacial score (nSPS) is 12.3. The van der Waals surface area contributed by atoms with Crippen molar-refractivity contribution in [3.63, 3.8) is 0 Å². The van der Waals surface area contributed by atoms with E-state index in [0.717, 1.165) is 16.2 Å². The molecule has 0 spiro atoms. The molecule has 16 heavy (non-hydrogen) atoms. The first-order valence-electron chi connectivity index (χ1n) is 5.08. The van der Waals surface area contributed by atoms with Crippen LogP contribution in [0.25, 0.3) is 0 Å². The van der Waals surface area contributed by atoms with Gasteiger partial charge in [-0.05, 0) is 24.0 Å². The lowest BCUT2D eigenvalue weighted by molar-refractivity contribution is 0.272. The Morgan fingerprint density at radius 1 is 1.31 bits per heavy atom. The molecular weight excluding hydrogens is 224 g/mol. The Bertz CT molecular complexity index is 327. The topological polar surface area (TPSA) is 38.7 Å². The van der Waals surface area contributed by atoms with Gasteiger partial charge < -0.3 is 14.6 Å². The zero-order valence-electron chi connectivity index (χ0n) is 10.1. The van der Waals surface area contributed by atoms with Gasteiger partial charge in [0.1, 0.15) is 0 Å². The summed E-state index contributed by atoms with van der Waals surface area (Å²) in [7, 11) is 3.25. The van der Waals surface area contributed by atoms with Crippen LogP contribution in [0.2, 0.25) is 0 Å². The number of ether oxygens (including phenoxy) is 2. The fourth-order valence-corrected chi connectivity index (χ4v) is 2.11. The van der Waals surface area contributed by atoms with Crippen LogP contribution in [-0.4, -0.2) is 32.2 Å². The summed E-state index contributed by atoms with van der Waals surface area (Å²) >= 11 is 1.60. The highest BCUT2D eigenvalue weighted by atomic mass is 32.2. The molecule has 1 aromatic carbocycles. The van der Waals surface area contributed by atoms with Gasteiger partial charge in [-0.25, -0.2) is 0 Å². The lowest BCUT2D eigenvalue weighted by Gasteiger charge is -2.16. The van der Waals surface area contributed by atoms with Gasteiger partial charge in [0, 0.05) is 12.5 Å². The van der Waals surface area contributed by atoms with Crippen LogP contribution >= 0.6 is 11.8 Å². The van der Waals surface area contributed by atoms with E-state index in [1.165, 1.54) is 0 Å². The van der Waals surface area contributed by atoms with Gasteiger partial charge in [-0.1, -0.05) is 6.92 Å². The highest BCUT2D eigenvalue weighted by Crippen LogP contribution is 2.39. The molecular formula is C12H18O3S. The number of aliphatic hydroxyl groups excluding tert-OH is 1. The van der Waals surface area contributed by atoms with Crippen LogP contribution in [0.4, 0.5) is 0 Å². The third-order valence-electron chi connectivity index (χ3n) is 2.53. The molecule has 0 aliphatic carbocycles. The van der Waals surface area contributed by atoms with Gasteiger partial charge in [0.2, 0.25) is 0 Å². The lowest BCUT2D eigenvalue weighted by Crippen LogP contribution is -2.01. The Kier molecular flexibility index (Phi) is 4.96. The summed E-state index contributed by atoms with van der Waals surface area (Å²) in [5.74, 6) is 1.57. The molecule has 0 saturated heterocycles. The van der Waals surface area contributed by atoms with Crippen LogP contribution in [0.1, 0.15) is 18.4 Å². The maximum absolute atomic E-state index is 9.16. The van der Waals surface area contributed by atoms with Gasteiger partial charge in [-0.15, -0.1) is 11.8 Å². The zero-order valence-corrected chi connectivity index (χ0v) is 10.9. The predicted molar refractivity (Wildman–Crippen MR) is 66.8 cm³/mol. The summed E-state index contributed by atoms with van der Waals surface area (Å²) in [5, 5.41) is 9.16. The maximum Gasteiger partial charge on any atom is 0.174 e. The van der Waals surface area contributed by atoms with Gasteiger partial charge in [0.05, 0.1) is 19.1 Å². The number of rotatable bonds is 5. The van der Waals surface area contributed by atoms with Crippen molar-refractivity contribution in [3.05, 3.63) is 17.7 Å². The fraction of sp³-hybridized carbons (Fsp3) is 0.500. The van der Waals surface area contributed by atoms with Gasteiger partial charge in [-0.3, -0.25) is 0 Å². The van der Waals surface area contributed by atoms with Gasteiger partial charge >= 0.3 is 0 Å². The number of hydrogen-bond acceptors (Lipinski definition) is 4. The summed E-state index contributed by atoms with van der Waals surface area (Å²) in [6.45, 7) is 2.11. The SMILES string of the molecule is COc1cc(C(C)CO)cc(SC)c1OC. The lowest BCUT2D eigenvalue weighted by atomic mass is 10.0. The predicted octanol–water partition coefficient (Wildman–Crippen LogP) is 2.52. The third-order valence-corrected chi connectivity index (χ3v) is 3.27. The average Bonchev–Trinajstić information content (AvgIpc) is 2.35. The Morgan fingerprint density at radius 3 is 2.44 bits per heavy atom. The average molecular weight is 242 g/mol. The van der Waals surface area contributed by atoms with Gasteiger partial charge in [0.25, 0.3) is 0 Å². The number of aliphatic hydroxyl groups is 1. The highest BCUT2D eigenvalue weighted by molar-refractivity contribution is 7.98. The molecule has 90 valence electrons. The molecule has 1 aromatic rings. The molecule has 0 radical (unpaired) electrons. The van der Waals surface area contributed by atoms with Crippen LogP contribution < -0.4 is 9.47 Å². The largest absolute Gasteiger partial charge is 0.493 e. The summed E-state index contributed by atoms with van der Waals surface area (Å²) < 4.78 is 10.6. The van der Waals surface area contributed by atoms with Crippen molar-refractivity contribution in [2.45, 2.75) is 17.7 Å². The quantitative estimate of drug-likeness (QED) is 0.805. The minimum atomic E-state index is 0.103. The first-order chi connectivity index (χ1) is 7.67. The number of hydrogen-bond donors (Lipinski definition) is 1. The Balaban J connectivity index is 3.25. The van der Waals surface area contributed by atoms with Crippen LogP contribution in [0.5, 0.6) is 11.5 Å². The molecule has 0 fully saturated rings. The molecule has 0 amide bonds. The number of methoxy groups -OCH3 is 2. The minimum Gasteiger partial charge on any atom is -0.493 e. The highest BCUT2D eigenvalue weighted by Gasteiger charge is 2.14. The van der Waals surface area contributed by atoms with Crippen molar-refractivity contribution in [3.8, 4) is 11.5 Å². The molecule has 1 unspecified atom stereocenters. The first-order valence-corrected chi connectivity index (χ1v) is 6.31. The van der Waals surface area contributed by atoms with E-state index >= 15 is 0 Å². The molecule has 1 atom stereocenters. The van der Waals surface area contributed by atoms with Crippen molar-refractivity contribution in [2.24, 2.45) is 0 Å². The second-order valence-corrected chi connectivity index (χ2v) is 4.39. The van der Waals surface area contributed by atoms with E-state index in [9.17, 15) is 0 Å². The summed E-state index contributed by atoms with van der Waals surface area (Å²) in [6.07, 6.45) is 1.99. The van der Waals surface area contributed by atoms with E-state index in [-0.39, 0.29) is 12.5 Å². The van der Waals surface area contributed by atoms with E-state index in [2.05, 4.69) is 0 Å². The van der Waals surface area contributed by atoms with Crippen LogP contribution in [-0.2, 0) is 0 Å². The molecule has 3 nitrogen and oxygen atoms in total. The van der Waals surface area contributed by atoms with Gasteiger partial charge in [-0.2, -0.15) is 0 Å². The summed E-state index contributed by atoms with van der Waals surface area (Å²) in [5.41, 5.74) is 1.06. The molecule has 1 N–H and O–H groups in total. The Hall–Kier alpha value is -0.870. The first kappa shape index (κ1) is 13.2. The molecule has 0 heterocycles. The van der Waals surface area contributed by atoms with Crippen molar-refractivity contribution in [2.75, 3.05) is 27.1 Å². The third kappa shape index (κ3) is 2.62. The smallest absolute Gasteiger partial charge is 0.174 e. The molecule has 0 aliphatic rings. The van der Waals surface area contributed by atoms with Crippen LogP contribution in [0.15, 0.2) is 17.0 Å². The van der Waals surface area contributed by atoms with E-state index in [4.69, 9.17) is 14.6 Å². The van der Waals surface area contributed by atoms with Crippen molar-refractivity contribution in [1.29, 1.82) is 0 Å². The van der Waals surface area contributed by atoms with E-state index in [1.807, 2.05) is 25.3 Å². The van der Waals surface area contributed by atoms with E-state index in [1.54, 1.807) is 26.0 Å². The molecule has 0 bridgehead atoms. The zero-order chi connectivity index (χ0) is 12.1. The molecule has 4 heteroatoms. The maximum atomic E-state index is 9.16. The minimum absolute atomic E-state index is 0.103. The van der Waals surface area contributed by atoms with Crippen molar-refractivity contribution < 1.29 is 14.6 Å². The summed E-state index contributed by atoms with van der Waals surface area (Å²) in [6, 6.07) is 3.95. The van der Waals surface area contributed by atoms with Crippen LogP contribution in [0.3, 0.4) is 0 Å². The number of thioether (sulfide) groups is 1. The molecule has 0 aliphatic heterocycles. The second-order valence-electron chi connectivity index (χ2n) is 3.54. The van der Waals surface area contributed by atoms with Crippen molar-refractivity contribution >= 4 is 11.8 Å². The number of benzene rings is 1. The van der Waals surface area contributed by atoms with E-state index < -0.39 is 0 Å². The summed E-state index contributed by atoms with van der Waals surface area (Å²) in [4.78, 5) is 1.03. The van der Waals surface area contributed by atoms with Gasteiger partial charge in [0.15, 0.2) is 11.5 Å². The fourth-order valence-electron chi connectivity index (χ4n) is 1.49. The standard InChI is InChI=1S/C12H18O3S/c1-8(7-13)9-5-10(14-2)12(15-3)11(6-9)16-4/h5-6,8,13H,7H2,1-4H3. The second kappa shape index (κ2) is 6.01.